The molecule has 3 heterocycles. The summed E-state index contributed by atoms with van der Waals surface area (Å²) in [6.45, 7) is 2.36. The van der Waals surface area contributed by atoms with E-state index in [1.165, 1.54) is 30.3 Å². The van der Waals surface area contributed by atoms with E-state index in [2.05, 4.69) is 20.2 Å². The number of carbonyl (C=O) groups excluding carboxylic acids is 1. The molecule has 0 saturated heterocycles. The van der Waals surface area contributed by atoms with Crippen LogP contribution in [0, 0.1) is 5.82 Å². The first-order valence-corrected chi connectivity index (χ1v) is 10.9. The number of halogens is 1. The number of ether oxygens (including phenoxy) is 2. The highest BCUT2D eigenvalue weighted by Gasteiger charge is 2.18. The van der Waals surface area contributed by atoms with Gasteiger partial charge in [0.05, 0.1) is 38.2 Å². The lowest BCUT2D eigenvalue weighted by Crippen LogP contribution is -2.07. The van der Waals surface area contributed by atoms with Crippen molar-refractivity contribution in [1.29, 1.82) is 0 Å². The summed E-state index contributed by atoms with van der Waals surface area (Å²) in [4.78, 5) is 20.9. The Kier molecular flexibility index (Phi) is 5.92. The van der Waals surface area contributed by atoms with Gasteiger partial charge < -0.3 is 9.47 Å². The highest BCUT2D eigenvalue weighted by Crippen LogP contribution is 2.27. The summed E-state index contributed by atoms with van der Waals surface area (Å²) in [5, 5.41) is 8.62. The predicted octanol–water partition coefficient (Wildman–Crippen LogP) is 4.05. The summed E-state index contributed by atoms with van der Waals surface area (Å²) in [5.74, 6) is -0.260. The van der Waals surface area contributed by atoms with Gasteiger partial charge in [-0.05, 0) is 30.2 Å². The van der Waals surface area contributed by atoms with Crippen molar-refractivity contribution in [1.82, 2.24) is 29.5 Å². The van der Waals surface area contributed by atoms with Crippen molar-refractivity contribution < 1.29 is 18.7 Å². The molecule has 0 spiro atoms. The van der Waals surface area contributed by atoms with Gasteiger partial charge in [-0.3, -0.25) is 4.68 Å². The Morgan fingerprint density at radius 1 is 1.06 bits per heavy atom. The van der Waals surface area contributed by atoms with Crippen LogP contribution >= 0.6 is 0 Å². The van der Waals surface area contributed by atoms with Gasteiger partial charge >= 0.3 is 5.97 Å². The average Bonchev–Trinajstić information content (AvgIpc) is 3.53. The van der Waals surface area contributed by atoms with Gasteiger partial charge in [-0.2, -0.15) is 15.2 Å². The highest BCUT2D eigenvalue weighted by atomic mass is 19.1. The Labute approximate surface area is 199 Å². The highest BCUT2D eigenvalue weighted by molar-refractivity contribution is 5.88. The van der Waals surface area contributed by atoms with Crippen molar-refractivity contribution in [2.45, 2.75) is 13.5 Å². The lowest BCUT2D eigenvalue weighted by molar-refractivity contribution is 0.0526. The van der Waals surface area contributed by atoms with Crippen LogP contribution in [0.3, 0.4) is 0 Å². The number of hydrogen-bond acceptors (Lipinski definition) is 7. The van der Waals surface area contributed by atoms with Gasteiger partial charge in [-0.15, -0.1) is 0 Å². The van der Waals surface area contributed by atoms with Crippen LogP contribution in [0.2, 0.25) is 0 Å². The topological polar surface area (TPSA) is 97.0 Å². The molecule has 0 bridgehead atoms. The minimum Gasteiger partial charge on any atom is -0.479 e. The fraction of sp³-hybridized carbons (Fsp3) is 0.160. The Hall–Kier alpha value is -4.60. The number of esters is 1. The van der Waals surface area contributed by atoms with Crippen LogP contribution in [0.25, 0.3) is 28.1 Å². The zero-order valence-electron chi connectivity index (χ0n) is 19.1. The number of aromatic nitrogens is 6. The van der Waals surface area contributed by atoms with Crippen LogP contribution in [0.4, 0.5) is 4.39 Å². The standard InChI is InChI=1S/C25H21FN6O3/c1-3-35-24(33)18-12-27-32(15-18)25-29-21-13-28-31(22(21)23(30-25)34-2)14-16-9-10-20(26)19(11-16)17-7-5-4-6-8-17/h4-13,15H,3,14H2,1-2H3. The summed E-state index contributed by atoms with van der Waals surface area (Å²) in [5.41, 5.74) is 3.57. The average molecular weight is 472 g/mol. The number of hydrogen-bond donors (Lipinski definition) is 0. The smallest absolute Gasteiger partial charge is 0.341 e. The van der Waals surface area contributed by atoms with E-state index < -0.39 is 5.97 Å². The monoisotopic (exact) mass is 472 g/mol. The van der Waals surface area contributed by atoms with Gasteiger partial charge in [-0.25, -0.2) is 18.9 Å². The largest absolute Gasteiger partial charge is 0.479 e. The summed E-state index contributed by atoms with van der Waals surface area (Å²) < 4.78 is 28.1. The van der Waals surface area contributed by atoms with Gasteiger partial charge in [0.2, 0.25) is 5.88 Å². The third-order valence-electron chi connectivity index (χ3n) is 5.38. The van der Waals surface area contributed by atoms with Gasteiger partial charge in [0, 0.05) is 11.8 Å². The number of benzene rings is 2. The minimum absolute atomic E-state index is 0.220. The fourth-order valence-corrected chi connectivity index (χ4v) is 3.75. The third kappa shape index (κ3) is 4.33. The Morgan fingerprint density at radius 2 is 1.89 bits per heavy atom. The molecule has 0 saturated carbocycles. The van der Waals surface area contributed by atoms with Crippen LogP contribution < -0.4 is 4.74 Å². The molecular formula is C25H21FN6O3. The molecule has 9 nitrogen and oxygen atoms in total. The first-order valence-electron chi connectivity index (χ1n) is 10.9. The third-order valence-corrected chi connectivity index (χ3v) is 5.38. The predicted molar refractivity (Wildman–Crippen MR) is 126 cm³/mol. The van der Waals surface area contributed by atoms with Gasteiger partial charge in [-0.1, -0.05) is 36.4 Å². The first-order chi connectivity index (χ1) is 17.1. The summed E-state index contributed by atoms with van der Waals surface area (Å²) in [6.07, 6.45) is 4.48. The first kappa shape index (κ1) is 22.2. The zero-order chi connectivity index (χ0) is 24.4. The van der Waals surface area contributed by atoms with Crippen molar-refractivity contribution in [2.24, 2.45) is 0 Å². The molecule has 3 aromatic heterocycles. The summed E-state index contributed by atoms with van der Waals surface area (Å²) >= 11 is 0. The van der Waals surface area contributed by atoms with E-state index >= 15 is 0 Å². The normalized spacial score (nSPS) is 11.1. The second-order valence-electron chi connectivity index (χ2n) is 7.64. The molecule has 2 aromatic carbocycles. The van der Waals surface area contributed by atoms with E-state index in [4.69, 9.17) is 9.47 Å². The SMILES string of the molecule is CCOC(=O)c1cnn(-c2nc(OC)c3c(cnn3Cc3ccc(F)c(-c4ccccc4)c3)n2)c1. The Bertz CT molecular complexity index is 1510. The van der Waals surface area contributed by atoms with Crippen molar-refractivity contribution in [3.05, 3.63) is 84.1 Å². The number of rotatable bonds is 7. The molecule has 0 aliphatic rings. The molecule has 0 N–H and O–H groups in total. The summed E-state index contributed by atoms with van der Waals surface area (Å²) in [6, 6.07) is 14.4. The molecular weight excluding hydrogens is 451 g/mol. The van der Waals surface area contributed by atoms with E-state index in [1.54, 1.807) is 29.9 Å². The molecule has 5 rings (SSSR count). The lowest BCUT2D eigenvalue weighted by atomic mass is 10.0. The molecule has 0 fully saturated rings. The minimum atomic E-state index is -0.478. The molecule has 5 aromatic rings. The Morgan fingerprint density at radius 3 is 2.66 bits per heavy atom. The van der Waals surface area contributed by atoms with Crippen LogP contribution in [0.1, 0.15) is 22.8 Å². The number of carbonyl (C=O) groups is 1. The van der Waals surface area contributed by atoms with E-state index in [9.17, 15) is 9.18 Å². The van der Waals surface area contributed by atoms with E-state index in [1.807, 2.05) is 30.3 Å². The van der Waals surface area contributed by atoms with E-state index in [0.717, 1.165) is 11.1 Å². The van der Waals surface area contributed by atoms with Crippen LogP contribution in [0.5, 0.6) is 5.88 Å². The maximum Gasteiger partial charge on any atom is 0.341 e. The molecule has 0 atom stereocenters. The van der Waals surface area contributed by atoms with Crippen LogP contribution in [-0.2, 0) is 11.3 Å². The molecule has 0 radical (unpaired) electrons. The van der Waals surface area contributed by atoms with Crippen LogP contribution in [-0.4, -0.2) is 49.2 Å². The molecule has 0 amide bonds. The maximum atomic E-state index is 14.5. The zero-order valence-corrected chi connectivity index (χ0v) is 19.1. The molecule has 35 heavy (non-hydrogen) atoms. The number of fused-ring (bicyclic) bond motifs is 1. The van der Waals surface area contributed by atoms with Crippen LogP contribution in [0.15, 0.2) is 67.1 Å². The van der Waals surface area contributed by atoms with E-state index in [-0.39, 0.29) is 23.9 Å². The lowest BCUT2D eigenvalue weighted by Gasteiger charge is -2.10. The van der Waals surface area contributed by atoms with Gasteiger partial charge in [0.1, 0.15) is 16.9 Å². The van der Waals surface area contributed by atoms with Gasteiger partial charge in [0.25, 0.3) is 5.95 Å². The fourth-order valence-electron chi connectivity index (χ4n) is 3.75. The van der Waals surface area contributed by atoms with Crippen molar-refractivity contribution >= 4 is 17.0 Å². The molecule has 0 aliphatic carbocycles. The second kappa shape index (κ2) is 9.34. The molecule has 0 unspecified atom stereocenters. The Balaban J connectivity index is 1.49. The van der Waals surface area contributed by atoms with Gasteiger partial charge in [0.15, 0.2) is 0 Å². The maximum absolute atomic E-state index is 14.5. The van der Waals surface area contributed by atoms with Crippen molar-refractivity contribution in [3.8, 4) is 23.0 Å². The van der Waals surface area contributed by atoms with Crippen molar-refractivity contribution in [2.75, 3.05) is 13.7 Å². The number of methoxy groups -OCH3 is 1. The van der Waals surface area contributed by atoms with Crippen molar-refractivity contribution in [3.63, 3.8) is 0 Å². The second-order valence-corrected chi connectivity index (χ2v) is 7.64. The van der Waals surface area contributed by atoms with E-state index in [0.29, 0.717) is 29.0 Å². The molecule has 0 aliphatic heterocycles. The molecule has 176 valence electrons. The molecule has 10 heteroatoms. The quantitative estimate of drug-likeness (QED) is 0.330. The number of nitrogens with zero attached hydrogens (tertiary/aromatic N) is 6. The summed E-state index contributed by atoms with van der Waals surface area (Å²) in [7, 11) is 1.50.